The molecule has 1 unspecified atom stereocenters. The highest BCUT2D eigenvalue weighted by Gasteiger charge is 2.30. The molecule has 3 rings (SSSR count). The van der Waals surface area contributed by atoms with Gasteiger partial charge >= 0.3 is 5.97 Å². The Morgan fingerprint density at radius 2 is 1.89 bits per heavy atom. The number of hydrogen-bond donors (Lipinski definition) is 1. The third-order valence-corrected chi connectivity index (χ3v) is 3.26. The van der Waals surface area contributed by atoms with Crippen LogP contribution in [0.1, 0.15) is 17.2 Å². The van der Waals surface area contributed by atoms with Crippen molar-refractivity contribution in [2.24, 2.45) is 0 Å². The summed E-state index contributed by atoms with van der Waals surface area (Å²) in [5, 5.41) is 10.4. The van der Waals surface area contributed by atoms with Gasteiger partial charge in [0.05, 0.1) is 0 Å². The van der Waals surface area contributed by atoms with Crippen LogP contribution in [0.3, 0.4) is 0 Å². The molecule has 0 fully saturated rings. The van der Waals surface area contributed by atoms with Gasteiger partial charge in [0.15, 0.2) is 0 Å². The van der Waals surface area contributed by atoms with Gasteiger partial charge in [0.2, 0.25) is 0 Å². The van der Waals surface area contributed by atoms with Gasteiger partial charge in [-0.2, -0.15) is 0 Å². The zero-order valence-corrected chi connectivity index (χ0v) is 10.2. The molecule has 0 saturated heterocycles. The van der Waals surface area contributed by atoms with Crippen LogP contribution in [0.5, 0.6) is 5.75 Å². The maximum atomic E-state index is 11.3. The number of ether oxygens (including phenoxy) is 1. The molecule has 0 heterocycles. The van der Waals surface area contributed by atoms with Crippen LogP contribution in [0.2, 0.25) is 0 Å². The molecule has 1 aliphatic rings. The maximum Gasteiger partial charge on any atom is 0.335 e. The molecule has 0 spiro atoms. The standard InChI is InChI=1S/C16H12O3/c1-2-14(17)19-13-9-5-8-11-10-6-3-4-7-12(10)16(18)15(11)13/h2-9,16,18H,1H2. The summed E-state index contributed by atoms with van der Waals surface area (Å²) >= 11 is 0. The Hall–Kier alpha value is -2.39. The summed E-state index contributed by atoms with van der Waals surface area (Å²) in [6.45, 7) is 3.37. The van der Waals surface area contributed by atoms with Gasteiger partial charge in [0.1, 0.15) is 11.9 Å². The van der Waals surface area contributed by atoms with Crippen LogP contribution in [0.4, 0.5) is 0 Å². The Labute approximate surface area is 110 Å². The van der Waals surface area contributed by atoms with Crippen molar-refractivity contribution in [2.75, 3.05) is 0 Å². The Bertz CT molecular complexity index is 673. The lowest BCUT2D eigenvalue weighted by molar-refractivity contribution is -0.129. The van der Waals surface area contributed by atoms with Gasteiger partial charge in [-0.3, -0.25) is 0 Å². The van der Waals surface area contributed by atoms with Crippen LogP contribution in [0, 0.1) is 0 Å². The van der Waals surface area contributed by atoms with Crippen LogP contribution in [0.25, 0.3) is 11.1 Å². The topological polar surface area (TPSA) is 46.5 Å². The highest BCUT2D eigenvalue weighted by atomic mass is 16.5. The van der Waals surface area contributed by atoms with Crippen molar-refractivity contribution in [2.45, 2.75) is 6.10 Å². The summed E-state index contributed by atoms with van der Waals surface area (Å²) in [4.78, 5) is 11.3. The van der Waals surface area contributed by atoms with Crippen LogP contribution >= 0.6 is 0 Å². The number of benzene rings is 2. The number of aliphatic hydroxyl groups is 1. The fourth-order valence-corrected chi connectivity index (χ4v) is 2.44. The molecule has 0 aromatic heterocycles. The second-order valence-electron chi connectivity index (χ2n) is 4.33. The van der Waals surface area contributed by atoms with Gasteiger partial charge < -0.3 is 9.84 Å². The minimum atomic E-state index is -0.764. The third-order valence-electron chi connectivity index (χ3n) is 3.26. The predicted molar refractivity (Wildman–Crippen MR) is 71.8 cm³/mol. The molecule has 1 atom stereocenters. The number of carbonyl (C=O) groups is 1. The molecule has 0 amide bonds. The minimum Gasteiger partial charge on any atom is -0.423 e. The summed E-state index contributed by atoms with van der Waals surface area (Å²) in [6.07, 6.45) is 0.341. The number of carbonyl (C=O) groups excluding carboxylic acids is 1. The van der Waals surface area contributed by atoms with E-state index in [1.807, 2.05) is 30.3 Å². The van der Waals surface area contributed by atoms with Gasteiger partial charge in [-0.1, -0.05) is 43.0 Å². The largest absolute Gasteiger partial charge is 0.423 e. The van der Waals surface area contributed by atoms with E-state index in [1.165, 1.54) is 0 Å². The first-order valence-electron chi connectivity index (χ1n) is 5.97. The third kappa shape index (κ3) is 1.75. The van der Waals surface area contributed by atoms with Gasteiger partial charge in [0.25, 0.3) is 0 Å². The number of esters is 1. The maximum absolute atomic E-state index is 11.3. The summed E-state index contributed by atoms with van der Waals surface area (Å²) in [6, 6.07) is 13.0. The second-order valence-corrected chi connectivity index (χ2v) is 4.33. The molecule has 0 radical (unpaired) electrons. The number of fused-ring (bicyclic) bond motifs is 3. The lowest BCUT2D eigenvalue weighted by Crippen LogP contribution is -2.06. The Morgan fingerprint density at radius 3 is 2.68 bits per heavy atom. The second kappa shape index (κ2) is 4.37. The molecule has 1 N–H and O–H groups in total. The van der Waals surface area contributed by atoms with Crippen LogP contribution in [-0.4, -0.2) is 11.1 Å². The van der Waals surface area contributed by atoms with Gasteiger partial charge in [0, 0.05) is 11.6 Å². The Morgan fingerprint density at radius 1 is 1.16 bits per heavy atom. The molecule has 1 aliphatic carbocycles. The number of rotatable bonds is 2. The van der Waals surface area contributed by atoms with E-state index in [9.17, 15) is 9.90 Å². The van der Waals surface area contributed by atoms with Crippen LogP contribution in [-0.2, 0) is 4.79 Å². The molecule has 3 heteroatoms. The normalized spacial score (nSPS) is 15.5. The monoisotopic (exact) mass is 252 g/mol. The summed E-state index contributed by atoms with van der Waals surface area (Å²) < 4.78 is 5.19. The van der Waals surface area contributed by atoms with E-state index >= 15 is 0 Å². The van der Waals surface area contributed by atoms with Crippen LogP contribution in [0.15, 0.2) is 55.1 Å². The van der Waals surface area contributed by atoms with Crippen molar-refractivity contribution in [1.29, 1.82) is 0 Å². The molecule has 0 aliphatic heterocycles. The predicted octanol–water partition coefficient (Wildman–Crippen LogP) is 2.84. The van der Waals surface area contributed by atoms with Crippen molar-refractivity contribution >= 4 is 5.97 Å². The lowest BCUT2D eigenvalue weighted by Gasteiger charge is -2.11. The Balaban J connectivity index is 2.15. The smallest absolute Gasteiger partial charge is 0.335 e. The first kappa shape index (κ1) is 11.7. The zero-order chi connectivity index (χ0) is 13.4. The molecule has 0 saturated carbocycles. The van der Waals surface area contributed by atoms with E-state index in [1.54, 1.807) is 12.1 Å². The fraction of sp³-hybridized carbons (Fsp3) is 0.0625. The summed E-state index contributed by atoms with van der Waals surface area (Å²) in [5.41, 5.74) is 3.34. The number of aliphatic hydroxyl groups excluding tert-OH is 1. The molecule has 3 nitrogen and oxygen atoms in total. The van der Waals surface area contributed by atoms with Gasteiger partial charge in [-0.15, -0.1) is 0 Å². The van der Waals surface area contributed by atoms with Crippen molar-refractivity contribution in [1.82, 2.24) is 0 Å². The highest BCUT2D eigenvalue weighted by molar-refractivity contribution is 5.86. The molecule has 0 bridgehead atoms. The Kier molecular flexibility index (Phi) is 2.69. The van der Waals surface area contributed by atoms with E-state index in [4.69, 9.17) is 4.74 Å². The van der Waals surface area contributed by atoms with E-state index in [2.05, 4.69) is 6.58 Å². The van der Waals surface area contributed by atoms with E-state index < -0.39 is 12.1 Å². The molecule has 94 valence electrons. The molecule has 19 heavy (non-hydrogen) atoms. The van der Waals surface area contributed by atoms with Crippen LogP contribution < -0.4 is 4.74 Å². The van der Waals surface area contributed by atoms with Crippen molar-refractivity contribution in [3.8, 4) is 16.9 Å². The van der Waals surface area contributed by atoms with Crippen molar-refractivity contribution in [3.63, 3.8) is 0 Å². The molecular formula is C16H12O3. The quantitative estimate of drug-likeness (QED) is 0.508. The van der Waals surface area contributed by atoms with Gasteiger partial charge in [-0.25, -0.2) is 4.79 Å². The van der Waals surface area contributed by atoms with E-state index in [0.29, 0.717) is 11.3 Å². The lowest BCUT2D eigenvalue weighted by atomic mass is 10.1. The SMILES string of the molecule is C=CC(=O)Oc1cccc2c1C(O)c1ccccc1-2. The zero-order valence-electron chi connectivity index (χ0n) is 10.2. The fourth-order valence-electron chi connectivity index (χ4n) is 2.44. The van der Waals surface area contributed by atoms with Crippen molar-refractivity contribution in [3.05, 3.63) is 66.2 Å². The van der Waals surface area contributed by atoms with E-state index in [0.717, 1.165) is 22.8 Å². The average molecular weight is 252 g/mol. The minimum absolute atomic E-state index is 0.381. The molecule has 2 aromatic rings. The summed E-state index contributed by atoms with van der Waals surface area (Å²) in [5.74, 6) is -0.150. The average Bonchev–Trinajstić information content (AvgIpc) is 2.74. The number of hydrogen-bond acceptors (Lipinski definition) is 3. The van der Waals surface area contributed by atoms with Gasteiger partial charge in [-0.05, 0) is 22.8 Å². The first-order valence-corrected chi connectivity index (χ1v) is 5.97. The molecule has 2 aromatic carbocycles. The highest BCUT2D eigenvalue weighted by Crippen LogP contribution is 2.47. The van der Waals surface area contributed by atoms with Crippen molar-refractivity contribution < 1.29 is 14.6 Å². The summed E-state index contributed by atoms with van der Waals surface area (Å²) in [7, 11) is 0. The first-order chi connectivity index (χ1) is 9.22. The molecular weight excluding hydrogens is 240 g/mol. The van der Waals surface area contributed by atoms with E-state index in [-0.39, 0.29) is 0 Å².